The second-order valence-electron chi connectivity index (χ2n) is 4.53. The van der Waals surface area contributed by atoms with Crippen LogP contribution < -0.4 is 0 Å². The summed E-state index contributed by atoms with van der Waals surface area (Å²) in [5.74, 6) is -1.26. The molecule has 0 spiro atoms. The summed E-state index contributed by atoms with van der Waals surface area (Å²) in [7, 11) is 0. The fourth-order valence-electron chi connectivity index (χ4n) is 2.20. The third-order valence-corrected chi connectivity index (χ3v) is 3.82. The van der Waals surface area contributed by atoms with Crippen molar-refractivity contribution in [1.29, 1.82) is 0 Å². The Morgan fingerprint density at radius 3 is 3.05 bits per heavy atom. The van der Waals surface area contributed by atoms with E-state index in [1.165, 1.54) is 6.07 Å². The molecule has 0 radical (unpaired) electrons. The number of carbonyl (C=O) groups is 1. The summed E-state index contributed by atoms with van der Waals surface area (Å²) >= 11 is 3.32. The largest absolute Gasteiger partial charge is 0.479 e. The molecule has 6 heteroatoms. The Balaban J connectivity index is 2.16. The third-order valence-electron chi connectivity index (χ3n) is 3.33. The number of benzene rings is 1. The van der Waals surface area contributed by atoms with Gasteiger partial charge in [-0.1, -0.05) is 15.9 Å². The quantitative estimate of drug-likeness (QED) is 0.924. The second kappa shape index (κ2) is 5.98. The minimum absolute atomic E-state index is 0.191. The lowest BCUT2D eigenvalue weighted by Gasteiger charge is -2.35. The average molecular weight is 332 g/mol. The highest BCUT2D eigenvalue weighted by Crippen LogP contribution is 2.27. The lowest BCUT2D eigenvalue weighted by molar-refractivity contribution is -0.157. The van der Waals surface area contributed by atoms with Gasteiger partial charge in [-0.25, -0.2) is 9.18 Å². The van der Waals surface area contributed by atoms with Crippen LogP contribution in [0.3, 0.4) is 0 Å². The van der Waals surface area contributed by atoms with Gasteiger partial charge in [0.25, 0.3) is 0 Å². The molecule has 0 saturated carbocycles. The highest BCUT2D eigenvalue weighted by atomic mass is 79.9. The molecule has 2 atom stereocenters. The molecule has 0 bridgehead atoms. The van der Waals surface area contributed by atoms with Gasteiger partial charge in [-0.05, 0) is 25.1 Å². The Labute approximate surface area is 119 Å². The number of hydrogen-bond donors (Lipinski definition) is 1. The maximum absolute atomic E-state index is 13.8. The van der Waals surface area contributed by atoms with Crippen LogP contribution in [0.2, 0.25) is 0 Å². The predicted octanol–water partition coefficient (Wildman–Crippen LogP) is 2.43. The Hall–Kier alpha value is -0.980. The van der Waals surface area contributed by atoms with Crippen LogP contribution in [-0.2, 0) is 9.53 Å². The van der Waals surface area contributed by atoms with Crippen LogP contribution in [0.5, 0.6) is 0 Å². The Bertz CT molecular complexity index is 483. The molecular weight excluding hydrogens is 317 g/mol. The summed E-state index contributed by atoms with van der Waals surface area (Å²) < 4.78 is 19.8. The molecule has 0 amide bonds. The minimum atomic E-state index is -0.980. The van der Waals surface area contributed by atoms with Gasteiger partial charge in [0, 0.05) is 29.2 Å². The Kier molecular flexibility index (Phi) is 4.54. The molecule has 104 valence electrons. The van der Waals surface area contributed by atoms with Crippen molar-refractivity contribution in [2.75, 3.05) is 19.7 Å². The third kappa shape index (κ3) is 3.32. The van der Waals surface area contributed by atoms with E-state index in [4.69, 9.17) is 9.84 Å². The normalized spacial score (nSPS) is 22.2. The van der Waals surface area contributed by atoms with E-state index in [0.717, 1.165) is 4.47 Å². The highest BCUT2D eigenvalue weighted by molar-refractivity contribution is 9.10. The van der Waals surface area contributed by atoms with Crippen LogP contribution in [0.1, 0.15) is 18.5 Å². The standard InChI is InChI=1S/C13H15BrFNO3/c1-8(10-6-9(14)2-3-11(10)15)16-4-5-19-12(7-16)13(17)18/h2-3,6,8,12H,4-5,7H2,1H3,(H,17,18). The molecule has 4 nitrogen and oxygen atoms in total. The Morgan fingerprint density at radius 1 is 1.63 bits per heavy atom. The van der Waals surface area contributed by atoms with Gasteiger partial charge >= 0.3 is 5.97 Å². The van der Waals surface area contributed by atoms with E-state index in [1.807, 2.05) is 11.8 Å². The van der Waals surface area contributed by atoms with Crippen LogP contribution >= 0.6 is 15.9 Å². The van der Waals surface area contributed by atoms with Crippen LogP contribution in [0.25, 0.3) is 0 Å². The van der Waals surface area contributed by atoms with Gasteiger partial charge in [0.05, 0.1) is 6.61 Å². The van der Waals surface area contributed by atoms with Gasteiger partial charge in [-0.2, -0.15) is 0 Å². The van der Waals surface area contributed by atoms with Crippen molar-refractivity contribution < 1.29 is 19.0 Å². The van der Waals surface area contributed by atoms with Crippen molar-refractivity contribution in [2.24, 2.45) is 0 Å². The zero-order valence-electron chi connectivity index (χ0n) is 10.5. The van der Waals surface area contributed by atoms with Gasteiger partial charge in [-0.3, -0.25) is 4.90 Å². The van der Waals surface area contributed by atoms with Crippen molar-refractivity contribution in [3.63, 3.8) is 0 Å². The number of halogens is 2. The fraction of sp³-hybridized carbons (Fsp3) is 0.462. The van der Waals surface area contributed by atoms with Gasteiger partial charge in [0.1, 0.15) is 5.82 Å². The van der Waals surface area contributed by atoms with E-state index in [0.29, 0.717) is 18.7 Å². The summed E-state index contributed by atoms with van der Waals surface area (Å²) in [6, 6.07) is 4.59. The van der Waals surface area contributed by atoms with E-state index in [2.05, 4.69) is 15.9 Å². The number of carboxylic acids is 1. The zero-order valence-corrected chi connectivity index (χ0v) is 12.1. The zero-order chi connectivity index (χ0) is 14.0. The molecule has 2 unspecified atom stereocenters. The van der Waals surface area contributed by atoms with E-state index >= 15 is 0 Å². The Morgan fingerprint density at radius 2 is 2.37 bits per heavy atom. The number of hydrogen-bond acceptors (Lipinski definition) is 3. The van der Waals surface area contributed by atoms with Crippen molar-refractivity contribution >= 4 is 21.9 Å². The molecule has 0 aromatic heterocycles. The molecule has 1 saturated heterocycles. The molecule has 1 heterocycles. The highest BCUT2D eigenvalue weighted by Gasteiger charge is 2.30. The van der Waals surface area contributed by atoms with Crippen LogP contribution in [0.15, 0.2) is 22.7 Å². The number of ether oxygens (including phenoxy) is 1. The number of aliphatic carboxylic acids is 1. The first-order valence-corrected chi connectivity index (χ1v) is 6.81. The van der Waals surface area contributed by atoms with Crippen molar-refractivity contribution in [1.82, 2.24) is 4.90 Å². The number of morpholine rings is 1. The van der Waals surface area contributed by atoms with E-state index in [9.17, 15) is 9.18 Å². The van der Waals surface area contributed by atoms with Crippen molar-refractivity contribution in [2.45, 2.75) is 19.1 Å². The van der Waals surface area contributed by atoms with E-state index in [-0.39, 0.29) is 18.4 Å². The summed E-state index contributed by atoms with van der Waals surface area (Å²) in [5, 5.41) is 8.97. The number of carboxylic acid groups (broad SMARTS) is 1. The summed E-state index contributed by atoms with van der Waals surface area (Å²) in [6.07, 6.45) is -0.841. The van der Waals surface area contributed by atoms with Gasteiger partial charge in [-0.15, -0.1) is 0 Å². The number of rotatable bonds is 3. The molecule has 1 aromatic rings. The average Bonchev–Trinajstić information content (AvgIpc) is 2.41. The van der Waals surface area contributed by atoms with Gasteiger partial charge in [0.2, 0.25) is 0 Å². The maximum Gasteiger partial charge on any atom is 0.334 e. The SMILES string of the molecule is CC(c1cc(Br)ccc1F)N1CCOC(C(=O)O)C1. The second-order valence-corrected chi connectivity index (χ2v) is 5.45. The summed E-state index contributed by atoms with van der Waals surface area (Å²) in [6.45, 7) is 3.07. The van der Waals surface area contributed by atoms with Gasteiger partial charge < -0.3 is 9.84 Å². The molecule has 1 aliphatic heterocycles. The molecule has 2 rings (SSSR count). The summed E-state index contributed by atoms with van der Waals surface area (Å²) in [4.78, 5) is 12.9. The summed E-state index contributed by atoms with van der Waals surface area (Å²) in [5.41, 5.74) is 0.556. The van der Waals surface area contributed by atoms with Gasteiger partial charge in [0.15, 0.2) is 6.10 Å². The topological polar surface area (TPSA) is 49.8 Å². The first-order valence-electron chi connectivity index (χ1n) is 6.02. The lowest BCUT2D eigenvalue weighted by atomic mass is 10.1. The van der Waals surface area contributed by atoms with Crippen molar-refractivity contribution in [3.8, 4) is 0 Å². The first-order chi connectivity index (χ1) is 8.99. The molecule has 1 aromatic carbocycles. The molecular formula is C13H15BrFNO3. The molecule has 1 N–H and O–H groups in total. The number of nitrogens with zero attached hydrogens (tertiary/aromatic N) is 1. The van der Waals surface area contributed by atoms with Crippen molar-refractivity contribution in [3.05, 3.63) is 34.1 Å². The first kappa shape index (κ1) is 14.4. The van der Waals surface area contributed by atoms with E-state index < -0.39 is 12.1 Å². The maximum atomic E-state index is 13.8. The molecule has 1 fully saturated rings. The van der Waals surface area contributed by atoms with E-state index in [1.54, 1.807) is 12.1 Å². The minimum Gasteiger partial charge on any atom is -0.479 e. The van der Waals surface area contributed by atoms with Crippen LogP contribution in [0.4, 0.5) is 4.39 Å². The smallest absolute Gasteiger partial charge is 0.334 e. The fourth-order valence-corrected chi connectivity index (χ4v) is 2.58. The van der Waals surface area contributed by atoms with Crippen LogP contribution in [0, 0.1) is 5.82 Å². The molecule has 0 aliphatic carbocycles. The molecule has 1 aliphatic rings. The predicted molar refractivity (Wildman–Crippen MR) is 71.5 cm³/mol. The lowest BCUT2D eigenvalue weighted by Crippen LogP contribution is -2.47. The monoisotopic (exact) mass is 331 g/mol. The van der Waals surface area contributed by atoms with Crippen LogP contribution in [-0.4, -0.2) is 41.8 Å². The molecule has 19 heavy (non-hydrogen) atoms.